The van der Waals surface area contributed by atoms with Crippen LogP contribution < -0.4 is 11.1 Å². The number of aromatic nitrogens is 2. The number of hydrogen-bond donors (Lipinski definition) is 2. The first-order chi connectivity index (χ1) is 11.2. The number of carbonyl (C=O) groups excluding carboxylic acids is 1. The lowest BCUT2D eigenvalue weighted by Gasteiger charge is -2.18. The second-order valence-corrected chi connectivity index (χ2v) is 6.51. The number of nitrogens with zero attached hydrogens (tertiary/aromatic N) is 3. The van der Waals surface area contributed by atoms with Gasteiger partial charge in [0.2, 0.25) is 0 Å². The first-order valence-electron chi connectivity index (χ1n) is 7.68. The predicted octanol–water partition coefficient (Wildman–Crippen LogP) is 2.88. The van der Waals surface area contributed by atoms with Crippen molar-refractivity contribution in [3.8, 4) is 17.2 Å². The number of anilines is 1. The highest BCUT2D eigenvalue weighted by molar-refractivity contribution is 5.97. The Bertz CT molecular complexity index is 805. The second kappa shape index (κ2) is 6.67. The Balaban J connectivity index is 2.47. The van der Waals surface area contributed by atoms with Gasteiger partial charge in [-0.1, -0.05) is 13.8 Å². The number of nitriles is 1. The van der Waals surface area contributed by atoms with Crippen molar-refractivity contribution in [2.45, 2.75) is 39.2 Å². The Hall–Kier alpha value is -2.94. The molecule has 0 aliphatic carbocycles. The Labute approximate surface area is 141 Å². The van der Waals surface area contributed by atoms with Crippen molar-refractivity contribution in [1.82, 2.24) is 15.3 Å². The van der Waals surface area contributed by atoms with Crippen LogP contribution in [0.4, 0.5) is 5.69 Å². The molecule has 1 amide bonds. The monoisotopic (exact) mass is 323 g/mol. The molecule has 1 aromatic carbocycles. The highest BCUT2D eigenvalue weighted by Gasteiger charge is 2.21. The van der Waals surface area contributed by atoms with Gasteiger partial charge in [-0.3, -0.25) is 4.79 Å². The van der Waals surface area contributed by atoms with Crippen LogP contribution in [0.3, 0.4) is 0 Å². The zero-order chi connectivity index (χ0) is 17.9. The van der Waals surface area contributed by atoms with Gasteiger partial charge in [0, 0.05) is 23.0 Å². The van der Waals surface area contributed by atoms with Gasteiger partial charge in [-0.25, -0.2) is 9.97 Å². The van der Waals surface area contributed by atoms with E-state index in [1.165, 1.54) is 6.33 Å². The number of nitrogens with two attached hydrogens (primary N) is 1. The van der Waals surface area contributed by atoms with E-state index in [0.717, 1.165) is 16.8 Å². The first-order valence-corrected chi connectivity index (χ1v) is 7.68. The molecule has 1 aromatic heterocycles. The summed E-state index contributed by atoms with van der Waals surface area (Å²) < 4.78 is 0. The smallest absolute Gasteiger partial charge is 0.252 e. The van der Waals surface area contributed by atoms with Crippen LogP contribution in [0, 0.1) is 11.3 Å². The highest BCUT2D eigenvalue weighted by Crippen LogP contribution is 2.29. The molecule has 6 heteroatoms. The summed E-state index contributed by atoms with van der Waals surface area (Å²) in [7, 11) is 0. The summed E-state index contributed by atoms with van der Waals surface area (Å²) in [5.74, 6) is -0.141. The van der Waals surface area contributed by atoms with Gasteiger partial charge in [-0.15, -0.1) is 0 Å². The largest absolute Gasteiger partial charge is 0.399 e. The Morgan fingerprint density at radius 1 is 1.33 bits per heavy atom. The second-order valence-electron chi connectivity index (χ2n) is 6.51. The standard InChI is InChI=1S/C18H21N5O/c1-11(2)16-15(8-21-10-22-16)12-5-13(7-14(20)6-12)17(24)23-18(3,4)9-19/h5-8,10-11H,20H2,1-4H3,(H,23,24). The van der Waals surface area contributed by atoms with E-state index in [1.54, 1.807) is 38.2 Å². The minimum Gasteiger partial charge on any atom is -0.399 e. The van der Waals surface area contributed by atoms with Gasteiger partial charge in [0.1, 0.15) is 11.9 Å². The Morgan fingerprint density at radius 2 is 2.04 bits per heavy atom. The topological polar surface area (TPSA) is 105 Å². The molecule has 6 nitrogen and oxygen atoms in total. The highest BCUT2D eigenvalue weighted by atomic mass is 16.1. The summed E-state index contributed by atoms with van der Waals surface area (Å²) in [6.45, 7) is 7.36. The third-order valence-corrected chi connectivity index (χ3v) is 3.52. The molecule has 0 bridgehead atoms. The summed E-state index contributed by atoms with van der Waals surface area (Å²) in [5.41, 5.74) is 8.38. The average molecular weight is 323 g/mol. The number of hydrogen-bond acceptors (Lipinski definition) is 5. The van der Waals surface area contributed by atoms with Crippen LogP contribution in [0.5, 0.6) is 0 Å². The minimum absolute atomic E-state index is 0.208. The van der Waals surface area contributed by atoms with Crippen molar-refractivity contribution in [2.24, 2.45) is 0 Å². The molecule has 24 heavy (non-hydrogen) atoms. The molecule has 124 valence electrons. The van der Waals surface area contributed by atoms with Crippen LogP contribution in [0.25, 0.3) is 11.1 Å². The van der Waals surface area contributed by atoms with Crippen molar-refractivity contribution in [3.05, 3.63) is 42.0 Å². The number of nitrogen functional groups attached to an aromatic ring is 1. The summed E-state index contributed by atoms with van der Waals surface area (Å²) in [4.78, 5) is 20.8. The van der Waals surface area contributed by atoms with Crippen molar-refractivity contribution < 1.29 is 4.79 Å². The number of benzene rings is 1. The van der Waals surface area contributed by atoms with E-state index in [-0.39, 0.29) is 11.8 Å². The van der Waals surface area contributed by atoms with E-state index in [9.17, 15) is 4.79 Å². The van der Waals surface area contributed by atoms with Gasteiger partial charge in [-0.2, -0.15) is 5.26 Å². The van der Waals surface area contributed by atoms with Gasteiger partial charge in [-0.05, 0) is 43.5 Å². The summed E-state index contributed by atoms with van der Waals surface area (Å²) >= 11 is 0. The maximum absolute atomic E-state index is 12.4. The quantitative estimate of drug-likeness (QED) is 0.842. The third-order valence-electron chi connectivity index (χ3n) is 3.52. The molecular formula is C18H21N5O. The van der Waals surface area contributed by atoms with Crippen LogP contribution in [-0.2, 0) is 0 Å². The fourth-order valence-corrected chi connectivity index (χ4v) is 2.34. The van der Waals surface area contributed by atoms with Gasteiger partial charge in [0.15, 0.2) is 0 Å². The van der Waals surface area contributed by atoms with Crippen LogP contribution >= 0.6 is 0 Å². The maximum atomic E-state index is 12.4. The summed E-state index contributed by atoms with van der Waals surface area (Å²) in [6, 6.07) is 7.16. The molecule has 0 aliphatic heterocycles. The van der Waals surface area contributed by atoms with Crippen molar-refractivity contribution in [3.63, 3.8) is 0 Å². The van der Waals surface area contributed by atoms with Gasteiger partial charge in [0.05, 0.1) is 11.8 Å². The molecule has 0 spiro atoms. The lowest BCUT2D eigenvalue weighted by molar-refractivity contribution is 0.0929. The lowest BCUT2D eigenvalue weighted by Crippen LogP contribution is -2.42. The van der Waals surface area contributed by atoms with Crippen LogP contribution in [-0.4, -0.2) is 21.4 Å². The summed E-state index contributed by atoms with van der Waals surface area (Å²) in [6.07, 6.45) is 3.23. The van der Waals surface area contributed by atoms with Crippen LogP contribution in [0.2, 0.25) is 0 Å². The van der Waals surface area contributed by atoms with Crippen LogP contribution in [0.15, 0.2) is 30.7 Å². The molecule has 0 saturated heterocycles. The molecule has 2 aromatic rings. The fourth-order valence-electron chi connectivity index (χ4n) is 2.34. The number of nitrogens with one attached hydrogen (secondary N) is 1. The van der Waals surface area contributed by atoms with Crippen molar-refractivity contribution in [1.29, 1.82) is 5.26 Å². The summed E-state index contributed by atoms with van der Waals surface area (Å²) in [5, 5.41) is 11.7. The van der Waals surface area contributed by atoms with E-state index >= 15 is 0 Å². The van der Waals surface area contributed by atoms with Crippen molar-refractivity contribution in [2.75, 3.05) is 5.73 Å². The lowest BCUT2D eigenvalue weighted by atomic mass is 9.96. The predicted molar refractivity (Wildman–Crippen MR) is 93.1 cm³/mol. The minimum atomic E-state index is -0.958. The van der Waals surface area contributed by atoms with Crippen molar-refractivity contribution >= 4 is 11.6 Å². The molecular weight excluding hydrogens is 302 g/mol. The van der Waals surface area contributed by atoms with E-state index in [4.69, 9.17) is 11.0 Å². The third kappa shape index (κ3) is 3.87. The molecule has 0 unspecified atom stereocenters. The first kappa shape index (κ1) is 17.4. The zero-order valence-electron chi connectivity index (χ0n) is 14.3. The molecule has 0 radical (unpaired) electrons. The Morgan fingerprint density at radius 3 is 2.67 bits per heavy atom. The maximum Gasteiger partial charge on any atom is 0.252 e. The SMILES string of the molecule is CC(C)c1ncncc1-c1cc(N)cc(C(=O)NC(C)(C)C#N)c1. The molecule has 0 aliphatic rings. The Kier molecular flexibility index (Phi) is 4.84. The number of rotatable bonds is 4. The molecule has 0 atom stereocenters. The molecule has 1 heterocycles. The fraction of sp³-hybridized carbons (Fsp3) is 0.333. The molecule has 3 N–H and O–H groups in total. The van der Waals surface area contributed by atoms with Crippen LogP contribution in [0.1, 0.15) is 49.7 Å². The molecule has 0 saturated carbocycles. The average Bonchev–Trinajstić information content (AvgIpc) is 2.53. The van der Waals surface area contributed by atoms with Gasteiger partial charge < -0.3 is 11.1 Å². The van der Waals surface area contributed by atoms with E-state index < -0.39 is 5.54 Å². The van der Waals surface area contributed by atoms with E-state index in [2.05, 4.69) is 15.3 Å². The number of amides is 1. The molecule has 0 fully saturated rings. The van der Waals surface area contributed by atoms with Gasteiger partial charge in [0.25, 0.3) is 5.91 Å². The normalized spacial score (nSPS) is 11.2. The zero-order valence-corrected chi connectivity index (χ0v) is 14.3. The number of carbonyl (C=O) groups is 1. The van der Waals surface area contributed by atoms with E-state index in [1.807, 2.05) is 19.9 Å². The molecule has 2 rings (SSSR count). The van der Waals surface area contributed by atoms with E-state index in [0.29, 0.717) is 11.3 Å². The van der Waals surface area contributed by atoms with Gasteiger partial charge >= 0.3 is 0 Å².